The Kier molecular flexibility index (Phi) is 5.25. The molecule has 3 aromatic rings. The minimum Gasteiger partial charge on any atom is -0.406 e. The van der Waals surface area contributed by atoms with Gasteiger partial charge in [0.2, 0.25) is 0 Å². The minimum atomic E-state index is -4.67. The van der Waals surface area contributed by atoms with E-state index in [1.807, 2.05) is 24.4 Å². The molecule has 0 N–H and O–H groups in total. The second-order valence-corrected chi connectivity index (χ2v) is 6.41. The molecule has 0 amide bonds. The second-order valence-electron chi connectivity index (χ2n) is 6.41. The molecule has 137 valence electrons. The fourth-order valence-electron chi connectivity index (χ4n) is 3.12. The summed E-state index contributed by atoms with van der Waals surface area (Å²) in [6, 6.07) is 15.2. The fraction of sp³-hybridized carbons (Fsp3) is 0.333. The summed E-state index contributed by atoms with van der Waals surface area (Å²) in [7, 11) is 0. The molecule has 26 heavy (non-hydrogen) atoms. The van der Waals surface area contributed by atoms with Crippen molar-refractivity contribution in [3.8, 4) is 16.9 Å². The lowest BCUT2D eigenvalue weighted by molar-refractivity contribution is -0.274. The normalized spacial score (nSPS) is 12.1. The summed E-state index contributed by atoms with van der Waals surface area (Å²) in [4.78, 5) is 0. The van der Waals surface area contributed by atoms with Crippen LogP contribution in [0, 0.1) is 12.0 Å². The van der Waals surface area contributed by atoms with Crippen LogP contribution in [-0.2, 0) is 6.54 Å². The van der Waals surface area contributed by atoms with Crippen LogP contribution in [-0.4, -0.2) is 10.9 Å². The maximum Gasteiger partial charge on any atom is 0.573 e. The maximum atomic E-state index is 12.3. The highest BCUT2D eigenvalue weighted by molar-refractivity contribution is 5.85. The predicted octanol–water partition coefficient (Wildman–Crippen LogP) is 6.44. The molecule has 0 spiro atoms. The van der Waals surface area contributed by atoms with Crippen LogP contribution in [0.3, 0.4) is 0 Å². The van der Waals surface area contributed by atoms with Gasteiger partial charge in [-0.1, -0.05) is 44.9 Å². The lowest BCUT2D eigenvalue weighted by atomic mass is 10.0. The van der Waals surface area contributed by atoms with Crippen molar-refractivity contribution in [3.63, 3.8) is 0 Å². The number of fused-ring (bicyclic) bond motifs is 1. The van der Waals surface area contributed by atoms with Crippen LogP contribution in [0.4, 0.5) is 13.2 Å². The number of rotatable bonds is 6. The fourth-order valence-corrected chi connectivity index (χ4v) is 3.12. The molecular weight excluding hydrogens is 339 g/mol. The van der Waals surface area contributed by atoms with Crippen molar-refractivity contribution >= 4 is 10.9 Å². The van der Waals surface area contributed by atoms with E-state index in [4.69, 9.17) is 0 Å². The van der Waals surface area contributed by atoms with Gasteiger partial charge in [-0.25, -0.2) is 0 Å². The van der Waals surface area contributed by atoms with E-state index in [2.05, 4.69) is 29.2 Å². The molecule has 3 rings (SSSR count). The summed E-state index contributed by atoms with van der Waals surface area (Å²) in [6.45, 7) is 5.37. The average Bonchev–Trinajstić information content (AvgIpc) is 3.01. The predicted molar refractivity (Wildman–Crippen MR) is 97.0 cm³/mol. The van der Waals surface area contributed by atoms with E-state index >= 15 is 0 Å². The molecule has 0 bridgehead atoms. The van der Waals surface area contributed by atoms with Crippen LogP contribution in [0.1, 0.15) is 26.7 Å². The molecule has 1 radical (unpaired) electrons. The Morgan fingerprint density at radius 2 is 1.65 bits per heavy atom. The third kappa shape index (κ3) is 4.21. The maximum absolute atomic E-state index is 12.3. The molecule has 0 saturated heterocycles. The van der Waals surface area contributed by atoms with Crippen molar-refractivity contribution in [2.24, 2.45) is 5.92 Å². The summed E-state index contributed by atoms with van der Waals surface area (Å²) in [5.41, 5.74) is 2.90. The van der Waals surface area contributed by atoms with Gasteiger partial charge < -0.3 is 9.30 Å². The Labute approximate surface area is 151 Å². The van der Waals surface area contributed by atoms with E-state index in [1.165, 1.54) is 12.1 Å². The molecule has 1 heterocycles. The zero-order valence-electron chi connectivity index (χ0n) is 14.8. The molecule has 0 aliphatic carbocycles. The molecule has 5 heteroatoms. The highest BCUT2D eigenvalue weighted by Crippen LogP contribution is 2.29. The topological polar surface area (TPSA) is 14.2 Å². The average molecular weight is 360 g/mol. The number of aromatic nitrogens is 1. The smallest absolute Gasteiger partial charge is 0.406 e. The SMILES string of the molecule is CCC(CC)Cn1c[c]c2cc(-c3ccc(OC(F)(F)F)cc3)ccc21. The molecular formula is C21H21F3NO. The van der Waals surface area contributed by atoms with E-state index in [1.54, 1.807) is 12.1 Å². The van der Waals surface area contributed by atoms with E-state index in [0.717, 1.165) is 41.4 Å². The molecule has 0 atom stereocenters. The Bertz CT molecular complexity index is 861. The molecule has 2 aromatic carbocycles. The van der Waals surface area contributed by atoms with Crippen LogP contribution < -0.4 is 4.74 Å². The van der Waals surface area contributed by atoms with E-state index in [0.29, 0.717) is 5.92 Å². The summed E-state index contributed by atoms with van der Waals surface area (Å²) >= 11 is 0. The van der Waals surface area contributed by atoms with Gasteiger partial charge in [0.05, 0.1) is 0 Å². The third-order valence-electron chi connectivity index (χ3n) is 4.71. The summed E-state index contributed by atoms with van der Waals surface area (Å²) in [5, 5.41) is 1.00. The lowest BCUT2D eigenvalue weighted by Crippen LogP contribution is -2.16. The third-order valence-corrected chi connectivity index (χ3v) is 4.71. The van der Waals surface area contributed by atoms with Gasteiger partial charge >= 0.3 is 6.36 Å². The molecule has 0 aliphatic rings. The van der Waals surface area contributed by atoms with E-state index in [-0.39, 0.29) is 5.75 Å². The Morgan fingerprint density at radius 1 is 1.00 bits per heavy atom. The number of ether oxygens (including phenoxy) is 1. The first-order valence-corrected chi connectivity index (χ1v) is 8.76. The molecule has 0 fully saturated rings. The first-order chi connectivity index (χ1) is 12.4. The lowest BCUT2D eigenvalue weighted by Gasteiger charge is -2.14. The second kappa shape index (κ2) is 7.44. The molecule has 0 aliphatic heterocycles. The van der Waals surface area contributed by atoms with Crippen LogP contribution >= 0.6 is 0 Å². The van der Waals surface area contributed by atoms with Crippen molar-refractivity contribution in [2.75, 3.05) is 0 Å². The van der Waals surface area contributed by atoms with E-state index in [9.17, 15) is 13.2 Å². The quantitative estimate of drug-likeness (QED) is 0.493. The summed E-state index contributed by atoms with van der Waals surface area (Å²) < 4.78 is 42.9. The molecule has 1 aromatic heterocycles. The monoisotopic (exact) mass is 360 g/mol. The Hall–Kier alpha value is -2.43. The molecule has 0 saturated carbocycles. The summed E-state index contributed by atoms with van der Waals surface area (Å²) in [5.74, 6) is 0.421. The van der Waals surface area contributed by atoms with Gasteiger partial charge in [0.25, 0.3) is 0 Å². The Balaban J connectivity index is 1.83. The summed E-state index contributed by atoms with van der Waals surface area (Å²) in [6.07, 6.45) is -0.415. The van der Waals surface area contributed by atoms with Gasteiger partial charge in [-0.05, 0) is 41.3 Å². The molecule has 2 nitrogen and oxygen atoms in total. The van der Waals surface area contributed by atoms with Gasteiger partial charge in [0.1, 0.15) is 5.75 Å². The van der Waals surface area contributed by atoms with Crippen molar-refractivity contribution in [3.05, 3.63) is 54.7 Å². The molecule has 0 unspecified atom stereocenters. The highest BCUT2D eigenvalue weighted by atomic mass is 19.4. The van der Waals surface area contributed by atoms with Crippen molar-refractivity contribution in [1.29, 1.82) is 0 Å². The number of nitrogens with zero attached hydrogens (tertiary/aromatic N) is 1. The van der Waals surface area contributed by atoms with Gasteiger partial charge in [-0.2, -0.15) is 0 Å². The minimum absolute atomic E-state index is 0.217. The number of halogens is 3. The number of benzene rings is 2. The highest BCUT2D eigenvalue weighted by Gasteiger charge is 2.30. The zero-order valence-corrected chi connectivity index (χ0v) is 14.8. The van der Waals surface area contributed by atoms with Crippen LogP contribution in [0.2, 0.25) is 0 Å². The number of hydrogen-bond acceptors (Lipinski definition) is 1. The Morgan fingerprint density at radius 3 is 2.27 bits per heavy atom. The van der Waals surface area contributed by atoms with Crippen molar-refractivity contribution < 1.29 is 17.9 Å². The number of alkyl halides is 3. The van der Waals surface area contributed by atoms with E-state index < -0.39 is 6.36 Å². The first kappa shape index (κ1) is 18.4. The zero-order chi connectivity index (χ0) is 18.7. The van der Waals surface area contributed by atoms with Gasteiger partial charge in [-0.15, -0.1) is 13.2 Å². The van der Waals surface area contributed by atoms with Crippen LogP contribution in [0.25, 0.3) is 22.0 Å². The number of hydrogen-bond donors (Lipinski definition) is 0. The van der Waals surface area contributed by atoms with Gasteiger partial charge in [0.15, 0.2) is 0 Å². The largest absolute Gasteiger partial charge is 0.573 e. The van der Waals surface area contributed by atoms with Crippen molar-refractivity contribution in [1.82, 2.24) is 4.57 Å². The first-order valence-electron chi connectivity index (χ1n) is 8.76. The van der Waals surface area contributed by atoms with Crippen molar-refractivity contribution in [2.45, 2.75) is 39.6 Å². The van der Waals surface area contributed by atoms with Crippen LogP contribution in [0.15, 0.2) is 48.7 Å². The standard InChI is InChI=1S/C21H21F3NO/c1-3-15(4-2)14-25-12-11-18-13-17(7-10-20(18)25)16-5-8-19(9-6-16)26-21(22,23)24/h5-10,12-13,15H,3-4,14H2,1-2H3. The van der Waals surface area contributed by atoms with Gasteiger partial charge in [-0.3, -0.25) is 0 Å². The van der Waals surface area contributed by atoms with Gasteiger partial charge in [0, 0.05) is 29.7 Å². The van der Waals surface area contributed by atoms with Crippen LogP contribution in [0.5, 0.6) is 5.75 Å².